The number of guanidine groups is 1. The third-order valence-electron chi connectivity index (χ3n) is 5.20. The highest BCUT2D eigenvalue weighted by Gasteiger charge is 2.24. The number of aliphatic imine (C=N–C) groups is 1. The molecule has 1 unspecified atom stereocenters. The zero-order valence-electron chi connectivity index (χ0n) is 17.2. The first kappa shape index (κ1) is 21.2. The Morgan fingerprint density at radius 1 is 1.22 bits per heavy atom. The van der Waals surface area contributed by atoms with Gasteiger partial charge in [-0.2, -0.15) is 0 Å². The van der Waals surface area contributed by atoms with E-state index in [1.165, 1.54) is 25.9 Å². The van der Waals surface area contributed by atoms with Crippen molar-refractivity contribution in [1.82, 2.24) is 20.9 Å². The topological polar surface area (TPSA) is 68.8 Å². The van der Waals surface area contributed by atoms with Gasteiger partial charge in [-0.1, -0.05) is 26.0 Å². The standard InChI is InChI=1S/C21H35N5O/c1-16(2)19(26-12-5-6-13-26)15-25-21(23-4)24-11-10-17-8-7-9-18(14-17)20(27)22-3/h7-9,14,16,19H,5-6,10-13,15H2,1-4H3,(H,22,27)(H2,23,24,25). The van der Waals surface area contributed by atoms with E-state index in [1.54, 1.807) is 7.05 Å². The highest BCUT2D eigenvalue weighted by Crippen LogP contribution is 2.17. The van der Waals surface area contributed by atoms with Crippen molar-refractivity contribution in [3.8, 4) is 0 Å². The van der Waals surface area contributed by atoms with Crippen LogP contribution in [0.3, 0.4) is 0 Å². The van der Waals surface area contributed by atoms with E-state index < -0.39 is 0 Å². The average Bonchev–Trinajstić information content (AvgIpc) is 3.20. The average molecular weight is 374 g/mol. The van der Waals surface area contributed by atoms with E-state index in [9.17, 15) is 4.79 Å². The number of rotatable bonds is 8. The summed E-state index contributed by atoms with van der Waals surface area (Å²) in [6.45, 7) is 8.67. The normalized spacial score (nSPS) is 16.4. The molecule has 27 heavy (non-hydrogen) atoms. The Balaban J connectivity index is 1.80. The first-order valence-corrected chi connectivity index (χ1v) is 10.0. The maximum absolute atomic E-state index is 11.7. The zero-order chi connectivity index (χ0) is 19.6. The van der Waals surface area contributed by atoms with E-state index in [2.05, 4.69) is 39.7 Å². The van der Waals surface area contributed by atoms with E-state index in [4.69, 9.17) is 0 Å². The Morgan fingerprint density at radius 2 is 1.96 bits per heavy atom. The molecule has 1 aliphatic heterocycles. The van der Waals surface area contributed by atoms with Crippen LogP contribution in [-0.4, -0.2) is 63.1 Å². The highest BCUT2D eigenvalue weighted by molar-refractivity contribution is 5.94. The summed E-state index contributed by atoms with van der Waals surface area (Å²) in [6, 6.07) is 8.29. The molecule has 2 rings (SSSR count). The van der Waals surface area contributed by atoms with Crippen LogP contribution in [0.1, 0.15) is 42.6 Å². The number of nitrogens with one attached hydrogen (secondary N) is 3. The zero-order valence-corrected chi connectivity index (χ0v) is 17.2. The second kappa shape index (κ2) is 10.9. The first-order chi connectivity index (χ1) is 13.0. The van der Waals surface area contributed by atoms with Crippen molar-refractivity contribution in [2.75, 3.05) is 40.3 Å². The van der Waals surface area contributed by atoms with Crippen LogP contribution in [-0.2, 0) is 6.42 Å². The summed E-state index contributed by atoms with van der Waals surface area (Å²) < 4.78 is 0. The van der Waals surface area contributed by atoms with Gasteiger partial charge in [0, 0.05) is 38.8 Å². The van der Waals surface area contributed by atoms with Crippen LogP contribution >= 0.6 is 0 Å². The SMILES string of the molecule is CN=C(NCCc1cccc(C(=O)NC)c1)NCC(C(C)C)N1CCCC1. The molecule has 6 nitrogen and oxygen atoms in total. The molecule has 0 aliphatic carbocycles. The molecule has 3 N–H and O–H groups in total. The summed E-state index contributed by atoms with van der Waals surface area (Å²) >= 11 is 0. The maximum atomic E-state index is 11.7. The predicted molar refractivity (Wildman–Crippen MR) is 112 cm³/mol. The quantitative estimate of drug-likeness (QED) is 0.481. The van der Waals surface area contributed by atoms with Crippen LogP contribution in [0.15, 0.2) is 29.3 Å². The van der Waals surface area contributed by atoms with Crippen molar-refractivity contribution >= 4 is 11.9 Å². The van der Waals surface area contributed by atoms with Crippen LogP contribution in [0.2, 0.25) is 0 Å². The van der Waals surface area contributed by atoms with Gasteiger partial charge in [-0.3, -0.25) is 14.7 Å². The number of hydrogen-bond acceptors (Lipinski definition) is 3. The molecule has 1 amide bonds. The Kier molecular flexibility index (Phi) is 8.58. The molecule has 0 bridgehead atoms. The Bertz CT molecular complexity index is 623. The van der Waals surface area contributed by atoms with Gasteiger partial charge in [-0.15, -0.1) is 0 Å². The van der Waals surface area contributed by atoms with Gasteiger partial charge in [-0.05, 0) is 56.0 Å². The van der Waals surface area contributed by atoms with E-state index >= 15 is 0 Å². The van der Waals surface area contributed by atoms with Gasteiger partial charge in [0.1, 0.15) is 0 Å². The third kappa shape index (κ3) is 6.54. The number of carbonyl (C=O) groups is 1. The largest absolute Gasteiger partial charge is 0.356 e. The molecule has 1 aromatic carbocycles. The van der Waals surface area contributed by atoms with E-state index in [0.717, 1.165) is 31.0 Å². The van der Waals surface area contributed by atoms with Gasteiger partial charge in [0.2, 0.25) is 0 Å². The smallest absolute Gasteiger partial charge is 0.251 e. The molecule has 0 saturated carbocycles. The molecule has 0 aromatic heterocycles. The predicted octanol–water partition coefficient (Wildman–Crippen LogP) is 1.87. The van der Waals surface area contributed by atoms with Gasteiger partial charge < -0.3 is 16.0 Å². The molecule has 1 aromatic rings. The lowest BCUT2D eigenvalue weighted by molar-refractivity contribution is 0.0963. The number of nitrogens with zero attached hydrogens (tertiary/aromatic N) is 2. The maximum Gasteiger partial charge on any atom is 0.251 e. The van der Waals surface area contributed by atoms with E-state index in [-0.39, 0.29) is 5.91 Å². The van der Waals surface area contributed by atoms with Gasteiger partial charge in [-0.25, -0.2) is 0 Å². The monoisotopic (exact) mass is 373 g/mol. The summed E-state index contributed by atoms with van der Waals surface area (Å²) in [7, 11) is 3.46. The second-order valence-electron chi connectivity index (χ2n) is 7.46. The van der Waals surface area contributed by atoms with Gasteiger partial charge in [0.15, 0.2) is 5.96 Å². The van der Waals surface area contributed by atoms with Crippen LogP contribution in [0.5, 0.6) is 0 Å². The number of likely N-dealkylation sites (tertiary alicyclic amines) is 1. The van der Waals surface area contributed by atoms with Crippen molar-refractivity contribution in [2.24, 2.45) is 10.9 Å². The van der Waals surface area contributed by atoms with Gasteiger partial charge in [0.05, 0.1) is 0 Å². The fraction of sp³-hybridized carbons (Fsp3) is 0.619. The summed E-state index contributed by atoms with van der Waals surface area (Å²) in [6.07, 6.45) is 3.46. The summed E-state index contributed by atoms with van der Waals surface area (Å²) in [5.74, 6) is 1.40. The second-order valence-corrected chi connectivity index (χ2v) is 7.46. The lowest BCUT2D eigenvalue weighted by Gasteiger charge is -2.31. The van der Waals surface area contributed by atoms with E-state index in [0.29, 0.717) is 17.5 Å². The highest BCUT2D eigenvalue weighted by atomic mass is 16.1. The van der Waals surface area contributed by atoms with Crippen LogP contribution in [0, 0.1) is 5.92 Å². The minimum Gasteiger partial charge on any atom is -0.356 e. The number of benzene rings is 1. The number of hydrogen-bond donors (Lipinski definition) is 3. The molecule has 0 radical (unpaired) electrons. The molecule has 1 fully saturated rings. The molecule has 1 atom stereocenters. The minimum absolute atomic E-state index is 0.0519. The fourth-order valence-electron chi connectivity index (χ4n) is 3.62. The summed E-state index contributed by atoms with van der Waals surface area (Å²) in [4.78, 5) is 18.7. The lowest BCUT2D eigenvalue weighted by Crippen LogP contribution is -2.48. The molecule has 150 valence electrons. The molecule has 1 aliphatic rings. The third-order valence-corrected chi connectivity index (χ3v) is 5.20. The molecule has 0 spiro atoms. The summed E-state index contributed by atoms with van der Waals surface area (Å²) in [5.41, 5.74) is 1.83. The Labute approximate surface area is 163 Å². The van der Waals surface area contributed by atoms with Crippen molar-refractivity contribution in [1.29, 1.82) is 0 Å². The van der Waals surface area contributed by atoms with Crippen molar-refractivity contribution < 1.29 is 4.79 Å². The first-order valence-electron chi connectivity index (χ1n) is 10.0. The molecular weight excluding hydrogens is 338 g/mol. The Hall–Kier alpha value is -2.08. The Morgan fingerprint density at radius 3 is 2.59 bits per heavy atom. The van der Waals surface area contributed by atoms with Gasteiger partial charge in [0.25, 0.3) is 5.91 Å². The van der Waals surface area contributed by atoms with Crippen molar-refractivity contribution in [2.45, 2.75) is 39.2 Å². The van der Waals surface area contributed by atoms with Crippen LogP contribution in [0.4, 0.5) is 0 Å². The number of carbonyl (C=O) groups excluding carboxylic acids is 1. The fourth-order valence-corrected chi connectivity index (χ4v) is 3.62. The van der Waals surface area contributed by atoms with Crippen LogP contribution in [0.25, 0.3) is 0 Å². The molecule has 6 heteroatoms. The number of amides is 1. The van der Waals surface area contributed by atoms with Crippen molar-refractivity contribution in [3.63, 3.8) is 0 Å². The molecule has 1 heterocycles. The molecule has 1 saturated heterocycles. The summed E-state index contributed by atoms with van der Waals surface area (Å²) in [5, 5.41) is 9.53. The van der Waals surface area contributed by atoms with Gasteiger partial charge >= 0.3 is 0 Å². The molecular formula is C21H35N5O. The van der Waals surface area contributed by atoms with Crippen molar-refractivity contribution in [3.05, 3.63) is 35.4 Å². The van der Waals surface area contributed by atoms with Crippen LogP contribution < -0.4 is 16.0 Å². The minimum atomic E-state index is -0.0519. The van der Waals surface area contributed by atoms with E-state index in [1.807, 2.05) is 31.3 Å². The lowest BCUT2D eigenvalue weighted by atomic mass is 10.0.